The summed E-state index contributed by atoms with van der Waals surface area (Å²) in [7, 11) is 0. The normalized spacial score (nSPS) is 24.6. The molecule has 0 N–H and O–H groups in total. The second-order valence-corrected chi connectivity index (χ2v) is 7.32. The Morgan fingerprint density at radius 3 is 0.905 bits per heavy atom. The van der Waals surface area contributed by atoms with E-state index < -0.39 is 0 Å². The molecular weight excluding hydrogens is 256 g/mol. The van der Waals surface area contributed by atoms with Crippen LogP contribution in [0.15, 0.2) is 0 Å². The highest BCUT2D eigenvalue weighted by Gasteiger charge is 2.25. The van der Waals surface area contributed by atoms with Crippen molar-refractivity contribution in [3.8, 4) is 0 Å². The number of hydrogen-bond acceptors (Lipinski definition) is 0. The van der Waals surface area contributed by atoms with Crippen LogP contribution >= 0.6 is 0 Å². The Kier molecular flexibility index (Phi) is 8.89. The zero-order chi connectivity index (χ0) is 15.6. The first kappa shape index (κ1) is 19.0. The third-order valence-electron chi connectivity index (χ3n) is 6.46. The maximum atomic E-state index is 2.40. The predicted octanol–water partition coefficient (Wildman–Crippen LogP) is 4.44. The predicted molar refractivity (Wildman–Crippen MR) is 94.5 cm³/mol. The van der Waals surface area contributed by atoms with Gasteiger partial charge in [-0.05, 0) is 72.6 Å². The largest absolute Gasteiger partial charge is 0.324 e. The summed E-state index contributed by atoms with van der Waals surface area (Å²) in [5.74, 6) is 0. The first-order valence-corrected chi connectivity index (χ1v) is 9.86. The fourth-order valence-corrected chi connectivity index (χ4v) is 4.25. The molecule has 126 valence electrons. The van der Waals surface area contributed by atoms with E-state index in [-0.39, 0.29) is 0 Å². The Balaban J connectivity index is 2.60. The lowest BCUT2D eigenvalue weighted by Gasteiger charge is -2.37. The number of nitrogens with zero attached hydrogens (tertiary/aromatic N) is 2. The molecule has 0 radical (unpaired) electrons. The SMILES string of the molecule is CC[N+]1(CC)CCCCCC[N+](CC)(CC)CCCCC1. The van der Waals surface area contributed by atoms with Gasteiger partial charge in [-0.25, -0.2) is 0 Å². The van der Waals surface area contributed by atoms with Crippen molar-refractivity contribution in [2.45, 2.75) is 72.6 Å². The van der Waals surface area contributed by atoms with E-state index in [1.807, 2.05) is 0 Å². The van der Waals surface area contributed by atoms with Gasteiger partial charge in [-0.2, -0.15) is 0 Å². The molecule has 0 bridgehead atoms. The second kappa shape index (κ2) is 9.84. The van der Waals surface area contributed by atoms with Gasteiger partial charge in [-0.15, -0.1) is 0 Å². The van der Waals surface area contributed by atoms with Gasteiger partial charge >= 0.3 is 0 Å². The maximum Gasteiger partial charge on any atom is 0.0786 e. The molecule has 1 aliphatic rings. The fourth-order valence-electron chi connectivity index (χ4n) is 4.25. The first-order valence-electron chi connectivity index (χ1n) is 9.86. The van der Waals surface area contributed by atoms with Gasteiger partial charge in [-0.3, -0.25) is 0 Å². The van der Waals surface area contributed by atoms with Gasteiger partial charge in [0.15, 0.2) is 0 Å². The quantitative estimate of drug-likeness (QED) is 0.673. The summed E-state index contributed by atoms with van der Waals surface area (Å²) < 4.78 is 2.75. The zero-order valence-electron chi connectivity index (χ0n) is 15.5. The van der Waals surface area contributed by atoms with Gasteiger partial charge in [0.1, 0.15) is 0 Å². The fraction of sp³-hybridized carbons (Fsp3) is 1.00. The standard InChI is InChI=1S/C19H42N2/c1-5-20(6-2)16-12-9-10-13-17-21(7-3,8-4)19-15-11-14-18-20/h5-19H2,1-4H3/q+2. The summed E-state index contributed by atoms with van der Waals surface area (Å²) in [4.78, 5) is 0. The molecule has 0 aliphatic carbocycles. The van der Waals surface area contributed by atoms with E-state index in [9.17, 15) is 0 Å². The summed E-state index contributed by atoms with van der Waals surface area (Å²) in [6.45, 7) is 20.6. The van der Waals surface area contributed by atoms with Gasteiger partial charge in [0.2, 0.25) is 0 Å². The van der Waals surface area contributed by atoms with E-state index in [0.717, 1.165) is 0 Å². The highest BCUT2D eigenvalue weighted by atomic mass is 15.3. The van der Waals surface area contributed by atoms with Crippen molar-refractivity contribution >= 4 is 0 Å². The maximum absolute atomic E-state index is 2.40. The molecule has 1 rings (SSSR count). The van der Waals surface area contributed by atoms with Gasteiger partial charge in [-0.1, -0.05) is 0 Å². The number of rotatable bonds is 4. The average molecular weight is 299 g/mol. The molecule has 0 amide bonds. The Bertz CT molecular complexity index is 228. The summed E-state index contributed by atoms with van der Waals surface area (Å²) in [5, 5.41) is 0. The molecule has 1 heterocycles. The molecule has 0 aromatic rings. The van der Waals surface area contributed by atoms with E-state index in [2.05, 4.69) is 27.7 Å². The highest BCUT2D eigenvalue weighted by Crippen LogP contribution is 2.18. The number of quaternary nitrogens is 2. The van der Waals surface area contributed by atoms with E-state index in [1.54, 1.807) is 0 Å². The molecular formula is C19H42N2+2. The smallest absolute Gasteiger partial charge is 0.0786 e. The molecule has 0 aromatic carbocycles. The van der Waals surface area contributed by atoms with Gasteiger partial charge in [0.25, 0.3) is 0 Å². The molecule has 2 heteroatoms. The van der Waals surface area contributed by atoms with Crippen molar-refractivity contribution in [2.75, 3.05) is 52.4 Å². The molecule has 2 nitrogen and oxygen atoms in total. The van der Waals surface area contributed by atoms with Crippen LogP contribution in [0.5, 0.6) is 0 Å². The Morgan fingerprint density at radius 1 is 0.429 bits per heavy atom. The minimum atomic E-state index is 1.33. The molecule has 0 unspecified atom stereocenters. The monoisotopic (exact) mass is 298 g/mol. The van der Waals surface area contributed by atoms with Gasteiger partial charge in [0.05, 0.1) is 52.4 Å². The van der Waals surface area contributed by atoms with Crippen LogP contribution in [0.2, 0.25) is 0 Å². The summed E-state index contributed by atoms with van der Waals surface area (Å²) in [6.07, 6.45) is 10.1. The van der Waals surface area contributed by atoms with Crippen molar-refractivity contribution in [3.63, 3.8) is 0 Å². The van der Waals surface area contributed by atoms with Crippen LogP contribution < -0.4 is 0 Å². The van der Waals surface area contributed by atoms with Crippen LogP contribution in [0.25, 0.3) is 0 Å². The van der Waals surface area contributed by atoms with Crippen molar-refractivity contribution in [2.24, 2.45) is 0 Å². The third-order valence-corrected chi connectivity index (χ3v) is 6.46. The Morgan fingerprint density at radius 2 is 0.667 bits per heavy atom. The van der Waals surface area contributed by atoms with Gasteiger partial charge < -0.3 is 8.97 Å². The van der Waals surface area contributed by atoms with E-state index in [1.165, 1.54) is 106 Å². The highest BCUT2D eigenvalue weighted by molar-refractivity contribution is 4.52. The molecule has 1 fully saturated rings. The molecule has 0 aromatic heterocycles. The Labute approximate surface area is 134 Å². The minimum absolute atomic E-state index is 1.33. The lowest BCUT2D eigenvalue weighted by molar-refractivity contribution is -0.926. The topological polar surface area (TPSA) is 0 Å². The van der Waals surface area contributed by atoms with Crippen molar-refractivity contribution in [1.29, 1.82) is 0 Å². The number of hydrogen-bond donors (Lipinski definition) is 0. The van der Waals surface area contributed by atoms with E-state index in [4.69, 9.17) is 0 Å². The second-order valence-electron chi connectivity index (χ2n) is 7.32. The third kappa shape index (κ3) is 5.90. The molecule has 0 atom stereocenters. The average Bonchev–Trinajstić information content (AvgIpc) is 2.55. The molecule has 1 saturated heterocycles. The van der Waals surface area contributed by atoms with Crippen LogP contribution in [-0.4, -0.2) is 61.3 Å². The first-order chi connectivity index (χ1) is 10.2. The van der Waals surface area contributed by atoms with Crippen LogP contribution in [0.1, 0.15) is 72.6 Å². The van der Waals surface area contributed by atoms with Crippen molar-refractivity contribution in [1.82, 2.24) is 0 Å². The van der Waals surface area contributed by atoms with Gasteiger partial charge in [0, 0.05) is 0 Å². The lowest BCUT2D eigenvalue weighted by Crippen LogP contribution is -2.49. The minimum Gasteiger partial charge on any atom is -0.324 e. The van der Waals surface area contributed by atoms with Crippen molar-refractivity contribution < 1.29 is 8.97 Å². The van der Waals surface area contributed by atoms with E-state index in [0.29, 0.717) is 0 Å². The van der Waals surface area contributed by atoms with E-state index >= 15 is 0 Å². The molecule has 0 spiro atoms. The Hall–Kier alpha value is -0.0800. The van der Waals surface area contributed by atoms with Crippen LogP contribution in [0, 0.1) is 0 Å². The molecule has 1 aliphatic heterocycles. The summed E-state index contributed by atoms with van der Waals surface area (Å²) in [5.41, 5.74) is 0. The molecule has 21 heavy (non-hydrogen) atoms. The van der Waals surface area contributed by atoms with Crippen LogP contribution in [0.3, 0.4) is 0 Å². The zero-order valence-corrected chi connectivity index (χ0v) is 15.5. The van der Waals surface area contributed by atoms with Crippen LogP contribution in [0.4, 0.5) is 0 Å². The summed E-state index contributed by atoms with van der Waals surface area (Å²) >= 11 is 0. The lowest BCUT2D eigenvalue weighted by atomic mass is 10.1. The van der Waals surface area contributed by atoms with Crippen molar-refractivity contribution in [3.05, 3.63) is 0 Å². The summed E-state index contributed by atoms with van der Waals surface area (Å²) in [6, 6.07) is 0. The van der Waals surface area contributed by atoms with Crippen LogP contribution in [-0.2, 0) is 0 Å². The molecule has 0 saturated carbocycles.